The topological polar surface area (TPSA) is 72.7 Å². The second-order valence-electron chi connectivity index (χ2n) is 12.8. The number of carbonyl (C=O) groups excluding carboxylic acids is 1. The lowest BCUT2D eigenvalue weighted by atomic mass is 9.72. The molecule has 0 aromatic carbocycles. The van der Waals surface area contributed by atoms with Crippen molar-refractivity contribution in [2.75, 3.05) is 0 Å². The summed E-state index contributed by atoms with van der Waals surface area (Å²) in [7, 11) is 0. The van der Waals surface area contributed by atoms with Gasteiger partial charge in [0.25, 0.3) is 0 Å². The highest BCUT2D eigenvalue weighted by molar-refractivity contribution is 5.93. The Balaban J connectivity index is 1.68. The van der Waals surface area contributed by atoms with Crippen molar-refractivity contribution < 1.29 is 4.79 Å². The smallest absolute Gasteiger partial charge is 0.157 e. The Kier molecular flexibility index (Phi) is 9.07. The number of ketones is 1. The Morgan fingerprint density at radius 2 is 0.927 bits per heavy atom. The largest absolute Gasteiger partial charge is 0.362 e. The predicted molar refractivity (Wildman–Crippen MR) is 171 cm³/mol. The van der Waals surface area contributed by atoms with Gasteiger partial charge in [0.1, 0.15) is 0 Å². The molecule has 5 heteroatoms. The molecule has 4 unspecified atom stereocenters. The number of Topliss-reactive ketones (excluding diaryl/α,β-unsaturated/α-hetero) is 1. The molecule has 3 aliphatic rings. The van der Waals surface area contributed by atoms with E-state index in [0.29, 0.717) is 17.9 Å². The average Bonchev–Trinajstić information content (AvgIpc) is 3.67. The molecule has 41 heavy (non-hydrogen) atoms. The minimum atomic E-state index is -0.314. The quantitative estimate of drug-likeness (QED) is 0.273. The van der Waals surface area contributed by atoms with E-state index in [1.807, 2.05) is 0 Å². The number of hydrogen-bond donors (Lipinski definition) is 4. The van der Waals surface area contributed by atoms with Crippen molar-refractivity contribution in [3.63, 3.8) is 0 Å². The first-order valence-electron chi connectivity index (χ1n) is 17.0. The van der Waals surface area contributed by atoms with Gasteiger partial charge in [-0.25, -0.2) is 0 Å². The van der Waals surface area contributed by atoms with E-state index in [2.05, 4.69) is 76.0 Å². The first kappa shape index (κ1) is 30.4. The molecule has 0 amide bonds. The lowest BCUT2D eigenvalue weighted by Crippen LogP contribution is -2.40. The first-order valence-corrected chi connectivity index (χ1v) is 17.0. The monoisotopic (exact) mass is 560 g/mol. The highest BCUT2D eigenvalue weighted by atomic mass is 16.1. The van der Waals surface area contributed by atoms with Crippen molar-refractivity contribution in [1.82, 2.24) is 20.6 Å². The normalized spacial score (nSPS) is 25.9. The van der Waals surface area contributed by atoms with E-state index >= 15 is 0 Å². The van der Waals surface area contributed by atoms with Gasteiger partial charge in [-0.1, -0.05) is 66.5 Å². The second-order valence-corrected chi connectivity index (χ2v) is 12.8. The van der Waals surface area contributed by atoms with Crippen LogP contribution in [0.1, 0.15) is 126 Å². The fraction of sp³-hybridized carbons (Fsp3) is 0.694. The van der Waals surface area contributed by atoms with Crippen molar-refractivity contribution in [1.29, 1.82) is 0 Å². The lowest BCUT2D eigenvalue weighted by molar-refractivity contribution is -0.127. The number of rotatable bonds is 8. The Hall–Kier alpha value is -2.11. The number of aromatic nitrogens is 2. The fourth-order valence-electron chi connectivity index (χ4n) is 9.31. The lowest BCUT2D eigenvalue weighted by Gasteiger charge is -2.31. The third-order valence-corrected chi connectivity index (χ3v) is 11.4. The van der Waals surface area contributed by atoms with E-state index in [4.69, 9.17) is 0 Å². The number of nitrogens with one attached hydrogen (secondary N) is 4. The Bertz CT molecular complexity index is 1290. The predicted octanol–water partition coefficient (Wildman–Crippen LogP) is 6.65. The highest BCUT2D eigenvalue weighted by Gasteiger charge is 2.52. The van der Waals surface area contributed by atoms with Gasteiger partial charge in [-0.15, -0.1) is 0 Å². The van der Waals surface area contributed by atoms with E-state index in [0.717, 1.165) is 77.0 Å². The molecule has 1 saturated heterocycles. The maximum absolute atomic E-state index is 14.3. The highest BCUT2D eigenvalue weighted by Crippen LogP contribution is 2.42. The summed E-state index contributed by atoms with van der Waals surface area (Å²) in [6.45, 7) is 18.3. The third kappa shape index (κ3) is 4.89. The molecule has 0 saturated carbocycles. The molecule has 4 N–H and O–H groups in total. The number of aromatic amines is 2. The van der Waals surface area contributed by atoms with Gasteiger partial charge in [0.15, 0.2) is 5.78 Å². The molecule has 0 radical (unpaired) electrons. The van der Waals surface area contributed by atoms with Crippen LogP contribution in [0.4, 0.5) is 0 Å². The van der Waals surface area contributed by atoms with Gasteiger partial charge in [0.2, 0.25) is 0 Å². The summed E-state index contributed by atoms with van der Waals surface area (Å²) in [6, 6.07) is 0.760. The van der Waals surface area contributed by atoms with Crippen LogP contribution in [-0.2, 0) is 56.2 Å². The molecule has 8 bridgehead atoms. The minimum absolute atomic E-state index is 0.133. The van der Waals surface area contributed by atoms with Crippen LogP contribution in [0.5, 0.6) is 0 Å². The van der Waals surface area contributed by atoms with Gasteiger partial charge < -0.3 is 20.6 Å². The number of hydrogen-bond acceptors (Lipinski definition) is 3. The van der Waals surface area contributed by atoms with Gasteiger partial charge in [-0.2, -0.15) is 0 Å². The molecule has 5 nitrogen and oxygen atoms in total. The molecule has 1 fully saturated rings. The van der Waals surface area contributed by atoms with Crippen molar-refractivity contribution in [3.05, 3.63) is 56.2 Å². The summed E-state index contributed by atoms with van der Waals surface area (Å²) >= 11 is 0. The summed E-state index contributed by atoms with van der Waals surface area (Å²) in [5.41, 5.74) is 14.3. The molecule has 5 rings (SSSR count). The van der Waals surface area contributed by atoms with Crippen LogP contribution in [0.15, 0.2) is 11.1 Å². The molecule has 226 valence electrons. The molecule has 2 aromatic rings. The van der Waals surface area contributed by atoms with E-state index < -0.39 is 0 Å². The van der Waals surface area contributed by atoms with Crippen LogP contribution < -0.4 is 10.6 Å². The summed E-state index contributed by atoms with van der Waals surface area (Å²) < 4.78 is 0. The van der Waals surface area contributed by atoms with Crippen LogP contribution in [0.2, 0.25) is 0 Å². The van der Waals surface area contributed by atoms with E-state index in [1.54, 1.807) is 11.1 Å². The number of carbonyl (C=O) groups is 1. The Morgan fingerprint density at radius 1 is 0.537 bits per heavy atom. The molecular weight excluding hydrogens is 504 g/mol. The van der Waals surface area contributed by atoms with Crippen molar-refractivity contribution in [2.24, 2.45) is 5.41 Å². The van der Waals surface area contributed by atoms with Crippen molar-refractivity contribution in [3.8, 4) is 0 Å². The average molecular weight is 561 g/mol. The Morgan fingerprint density at radius 3 is 1.29 bits per heavy atom. The standard InChI is InChI=1S/C36H56N4O/c1-9-21-22(10-2)28-18-30-25(13-5)26(14-6)32(39-30)20-34-36(15-7,16-8)35(41)33(40-34)19-31-24(12-4)23(11-3)29(38-31)17-27(21)37-28/h27-28,33-34,37-40H,9-20H2,1-8H3. The maximum Gasteiger partial charge on any atom is 0.157 e. The molecule has 4 atom stereocenters. The fourth-order valence-corrected chi connectivity index (χ4v) is 9.31. The molecule has 5 heterocycles. The maximum atomic E-state index is 14.3. The van der Waals surface area contributed by atoms with Gasteiger partial charge in [0, 0.05) is 72.0 Å². The molecule has 0 spiro atoms. The van der Waals surface area contributed by atoms with Crippen molar-refractivity contribution >= 4 is 5.78 Å². The van der Waals surface area contributed by atoms with Crippen LogP contribution in [0.3, 0.4) is 0 Å². The number of H-pyrrole nitrogens is 2. The summed E-state index contributed by atoms with van der Waals surface area (Å²) in [5, 5.41) is 8.08. The summed E-state index contributed by atoms with van der Waals surface area (Å²) in [6.07, 6.45) is 11.8. The summed E-state index contributed by atoms with van der Waals surface area (Å²) in [4.78, 5) is 22.2. The molecular formula is C36H56N4O. The third-order valence-electron chi connectivity index (χ3n) is 11.4. The molecule has 2 aromatic heterocycles. The molecule has 0 aliphatic carbocycles. The zero-order chi connectivity index (χ0) is 29.5. The summed E-state index contributed by atoms with van der Waals surface area (Å²) in [5.74, 6) is 0.429. The van der Waals surface area contributed by atoms with Crippen molar-refractivity contribution in [2.45, 2.75) is 157 Å². The van der Waals surface area contributed by atoms with E-state index in [-0.39, 0.29) is 17.5 Å². The zero-order valence-corrected chi connectivity index (χ0v) is 27.2. The molecule has 3 aliphatic heterocycles. The van der Waals surface area contributed by atoms with Gasteiger partial charge in [-0.3, -0.25) is 4.79 Å². The van der Waals surface area contributed by atoms with Crippen LogP contribution in [0.25, 0.3) is 0 Å². The zero-order valence-electron chi connectivity index (χ0n) is 27.2. The van der Waals surface area contributed by atoms with Crippen LogP contribution >= 0.6 is 0 Å². The van der Waals surface area contributed by atoms with Gasteiger partial charge in [-0.05, 0) is 73.6 Å². The van der Waals surface area contributed by atoms with Gasteiger partial charge >= 0.3 is 0 Å². The van der Waals surface area contributed by atoms with Crippen LogP contribution in [0, 0.1) is 5.41 Å². The minimum Gasteiger partial charge on any atom is -0.362 e. The van der Waals surface area contributed by atoms with E-state index in [1.165, 1.54) is 45.0 Å². The SMILES string of the molecule is CCC1=C(CC)C2Cc3[nH]c(c(CC)c3CC)CC3NC(Cc4[nH]c(c(CC)c4CC)CC1N2)C(=O)C3(CC)CC. The first-order chi connectivity index (χ1) is 19.8. The Labute approximate surface area is 249 Å². The van der Waals surface area contributed by atoms with E-state index in [9.17, 15) is 4.79 Å². The van der Waals surface area contributed by atoms with Gasteiger partial charge in [0.05, 0.1) is 6.04 Å². The second kappa shape index (κ2) is 12.2. The number of fused-ring (bicyclic) bond motifs is 8. The van der Waals surface area contributed by atoms with Crippen LogP contribution in [-0.4, -0.2) is 39.9 Å².